The van der Waals surface area contributed by atoms with Crippen LogP contribution in [0.15, 0.2) is 0 Å². The molecular weight excluding hydrogens is 348 g/mol. The fourth-order valence-electron chi connectivity index (χ4n) is 3.40. The Bertz CT molecular complexity index is 423. The van der Waals surface area contributed by atoms with Crippen molar-refractivity contribution in [2.75, 3.05) is 13.2 Å². The Morgan fingerprint density at radius 3 is 2.33 bits per heavy atom. The molecule has 0 aromatic rings. The average molecular weight is 387 g/mol. The van der Waals surface area contributed by atoms with E-state index in [1.807, 2.05) is 0 Å². The van der Waals surface area contributed by atoms with Gasteiger partial charge in [-0.15, -0.1) is 0 Å². The monoisotopic (exact) mass is 386 g/mol. The van der Waals surface area contributed by atoms with Crippen LogP contribution in [0.2, 0.25) is 0 Å². The van der Waals surface area contributed by atoms with Gasteiger partial charge in [-0.25, -0.2) is 0 Å². The Morgan fingerprint density at radius 1 is 1.07 bits per heavy atom. The van der Waals surface area contributed by atoms with E-state index in [-0.39, 0.29) is 36.0 Å². The fraction of sp³-hybridized carbons (Fsp3) is 0.905. The number of hydrogen-bond acceptors (Lipinski definition) is 6. The first kappa shape index (κ1) is 23.9. The predicted octanol–water partition coefficient (Wildman–Crippen LogP) is 3.37. The molecule has 0 aromatic carbocycles. The zero-order chi connectivity index (χ0) is 20.1. The van der Waals surface area contributed by atoms with Crippen molar-refractivity contribution in [3.05, 3.63) is 0 Å². The van der Waals surface area contributed by atoms with Gasteiger partial charge in [0.25, 0.3) is 0 Å². The summed E-state index contributed by atoms with van der Waals surface area (Å²) in [6, 6.07) is 0. The lowest BCUT2D eigenvalue weighted by molar-refractivity contribution is -0.147. The highest BCUT2D eigenvalue weighted by Crippen LogP contribution is 2.24. The highest BCUT2D eigenvalue weighted by atomic mass is 16.5. The summed E-state index contributed by atoms with van der Waals surface area (Å²) in [5.41, 5.74) is 0. The summed E-state index contributed by atoms with van der Waals surface area (Å²) in [5.74, 6) is 0.104. The molecule has 1 rings (SSSR count). The van der Waals surface area contributed by atoms with Gasteiger partial charge < -0.3 is 19.7 Å². The lowest BCUT2D eigenvalue weighted by atomic mass is 9.88. The third-order valence-corrected chi connectivity index (χ3v) is 5.30. The number of carbonyl (C=O) groups is 2. The summed E-state index contributed by atoms with van der Waals surface area (Å²) in [5, 5.41) is 19.0. The molecule has 1 fully saturated rings. The Morgan fingerprint density at radius 2 is 1.74 bits per heavy atom. The van der Waals surface area contributed by atoms with Crippen molar-refractivity contribution in [1.82, 2.24) is 0 Å². The van der Waals surface area contributed by atoms with Crippen molar-refractivity contribution >= 4 is 11.9 Å². The Labute approximate surface area is 163 Å². The lowest BCUT2D eigenvalue weighted by Crippen LogP contribution is -2.24. The maximum atomic E-state index is 11.8. The van der Waals surface area contributed by atoms with Crippen molar-refractivity contribution in [1.29, 1.82) is 0 Å². The Kier molecular flexibility index (Phi) is 12.3. The average Bonchev–Trinajstić information content (AvgIpc) is 2.63. The smallest absolute Gasteiger partial charge is 0.305 e. The Balaban J connectivity index is 2.04. The van der Waals surface area contributed by atoms with Crippen LogP contribution in [0.5, 0.6) is 0 Å². The molecule has 158 valence electrons. The highest BCUT2D eigenvalue weighted by molar-refractivity contribution is 5.70. The maximum absolute atomic E-state index is 11.8. The second-order valence-electron chi connectivity index (χ2n) is 7.96. The first-order valence-electron chi connectivity index (χ1n) is 10.6. The number of unbranched alkanes of at least 4 members (excludes halogenated alkanes) is 1. The molecule has 4 atom stereocenters. The van der Waals surface area contributed by atoms with Gasteiger partial charge in [0.2, 0.25) is 0 Å². The van der Waals surface area contributed by atoms with Crippen LogP contribution >= 0.6 is 0 Å². The summed E-state index contributed by atoms with van der Waals surface area (Å²) in [6.45, 7) is 4.61. The highest BCUT2D eigenvalue weighted by Gasteiger charge is 2.21. The lowest BCUT2D eigenvalue weighted by Gasteiger charge is -2.25. The molecule has 0 saturated heterocycles. The van der Waals surface area contributed by atoms with E-state index in [0.29, 0.717) is 38.9 Å². The van der Waals surface area contributed by atoms with E-state index >= 15 is 0 Å². The van der Waals surface area contributed by atoms with Crippen LogP contribution in [0.4, 0.5) is 0 Å². The minimum absolute atomic E-state index is 0.227. The van der Waals surface area contributed by atoms with Crippen LogP contribution in [-0.2, 0) is 19.1 Å². The van der Waals surface area contributed by atoms with Crippen molar-refractivity contribution in [2.24, 2.45) is 11.8 Å². The van der Waals surface area contributed by atoms with E-state index in [2.05, 4.69) is 6.92 Å². The molecule has 0 heterocycles. The number of rotatable bonds is 13. The normalized spacial score (nSPS) is 22.1. The minimum atomic E-state index is -0.322. The van der Waals surface area contributed by atoms with E-state index < -0.39 is 0 Å². The minimum Gasteiger partial charge on any atom is -0.465 e. The molecule has 1 aliphatic carbocycles. The van der Waals surface area contributed by atoms with Crippen LogP contribution < -0.4 is 0 Å². The molecule has 4 unspecified atom stereocenters. The molecule has 0 amide bonds. The van der Waals surface area contributed by atoms with Gasteiger partial charge in [0, 0.05) is 12.8 Å². The summed E-state index contributed by atoms with van der Waals surface area (Å²) in [6.07, 6.45) is 7.33. The number of hydrogen-bond donors (Lipinski definition) is 2. The number of aliphatic hydroxyl groups excluding tert-OH is 2. The summed E-state index contributed by atoms with van der Waals surface area (Å²) in [4.78, 5) is 23.6. The second-order valence-corrected chi connectivity index (χ2v) is 7.96. The molecule has 27 heavy (non-hydrogen) atoms. The van der Waals surface area contributed by atoms with Gasteiger partial charge in [-0.05, 0) is 63.7 Å². The molecule has 1 saturated carbocycles. The number of aliphatic hydroxyl groups is 2. The first-order valence-corrected chi connectivity index (χ1v) is 10.6. The molecule has 0 spiro atoms. The van der Waals surface area contributed by atoms with E-state index in [1.54, 1.807) is 6.92 Å². The largest absolute Gasteiger partial charge is 0.465 e. The van der Waals surface area contributed by atoms with Crippen LogP contribution in [0.3, 0.4) is 0 Å². The topological polar surface area (TPSA) is 93.1 Å². The van der Waals surface area contributed by atoms with Gasteiger partial charge in [-0.3, -0.25) is 9.59 Å². The molecule has 1 aliphatic rings. The SMILES string of the molecule is CCC(CCC(C)O)COC(=O)CCCCC(=O)OCC1CCCC(O)C1. The summed E-state index contributed by atoms with van der Waals surface area (Å²) >= 11 is 0. The van der Waals surface area contributed by atoms with Crippen LogP contribution in [-0.4, -0.2) is 47.6 Å². The quantitative estimate of drug-likeness (QED) is 0.372. The number of esters is 2. The zero-order valence-electron chi connectivity index (χ0n) is 17.0. The molecule has 6 heteroatoms. The molecule has 6 nitrogen and oxygen atoms in total. The Hall–Kier alpha value is -1.14. The third-order valence-electron chi connectivity index (χ3n) is 5.30. The molecule has 0 aliphatic heterocycles. The van der Waals surface area contributed by atoms with E-state index in [0.717, 1.165) is 44.9 Å². The fourth-order valence-corrected chi connectivity index (χ4v) is 3.40. The molecular formula is C21H38O6. The van der Waals surface area contributed by atoms with E-state index in [9.17, 15) is 19.8 Å². The van der Waals surface area contributed by atoms with Gasteiger partial charge >= 0.3 is 11.9 Å². The maximum Gasteiger partial charge on any atom is 0.305 e. The molecule has 0 aromatic heterocycles. The third kappa shape index (κ3) is 12.0. The molecule has 0 bridgehead atoms. The zero-order valence-corrected chi connectivity index (χ0v) is 17.0. The van der Waals surface area contributed by atoms with Crippen LogP contribution in [0, 0.1) is 11.8 Å². The van der Waals surface area contributed by atoms with Gasteiger partial charge in [0.1, 0.15) is 0 Å². The standard InChI is InChI=1S/C21H38O6/c1-3-17(12-11-16(2)22)14-26-20(24)9-4-5-10-21(25)27-15-18-7-6-8-19(23)13-18/h16-19,22-23H,3-15H2,1-2H3. The second kappa shape index (κ2) is 13.9. The summed E-state index contributed by atoms with van der Waals surface area (Å²) in [7, 11) is 0. The van der Waals surface area contributed by atoms with Crippen LogP contribution in [0.1, 0.15) is 84.5 Å². The van der Waals surface area contributed by atoms with Crippen molar-refractivity contribution < 1.29 is 29.3 Å². The summed E-state index contributed by atoms with van der Waals surface area (Å²) < 4.78 is 10.6. The van der Waals surface area contributed by atoms with Crippen molar-refractivity contribution in [2.45, 2.75) is 96.7 Å². The van der Waals surface area contributed by atoms with Crippen molar-refractivity contribution in [3.63, 3.8) is 0 Å². The van der Waals surface area contributed by atoms with E-state index in [4.69, 9.17) is 9.47 Å². The van der Waals surface area contributed by atoms with E-state index in [1.165, 1.54) is 0 Å². The molecule has 0 radical (unpaired) electrons. The van der Waals surface area contributed by atoms with Gasteiger partial charge in [-0.2, -0.15) is 0 Å². The van der Waals surface area contributed by atoms with Crippen molar-refractivity contribution in [3.8, 4) is 0 Å². The van der Waals surface area contributed by atoms with Gasteiger partial charge in [0.05, 0.1) is 25.4 Å². The van der Waals surface area contributed by atoms with Gasteiger partial charge in [0.15, 0.2) is 0 Å². The number of ether oxygens (including phenoxy) is 2. The first-order chi connectivity index (χ1) is 12.9. The molecule has 2 N–H and O–H groups in total. The predicted molar refractivity (Wildman–Crippen MR) is 103 cm³/mol. The number of carbonyl (C=O) groups excluding carboxylic acids is 2. The van der Waals surface area contributed by atoms with Gasteiger partial charge in [-0.1, -0.05) is 19.8 Å². The van der Waals surface area contributed by atoms with Crippen LogP contribution in [0.25, 0.3) is 0 Å².